The minimum absolute atomic E-state index is 0.212. The number of ether oxygens (including phenoxy) is 1. The smallest absolute Gasteiger partial charge is 0.279 e. The summed E-state index contributed by atoms with van der Waals surface area (Å²) in [5.74, 6) is 1.04. The van der Waals surface area contributed by atoms with E-state index in [1.165, 1.54) is 6.33 Å². The molecular formula is C12H14N4O4S. The van der Waals surface area contributed by atoms with E-state index >= 15 is 0 Å². The van der Waals surface area contributed by atoms with E-state index in [4.69, 9.17) is 4.74 Å². The van der Waals surface area contributed by atoms with Gasteiger partial charge in [-0.15, -0.1) is 11.8 Å². The number of nitrogens with one attached hydrogen (secondary N) is 1. The molecule has 4 atom stereocenters. The average Bonchev–Trinajstić information content (AvgIpc) is 3.09. The maximum absolute atomic E-state index is 11.9. The quantitative estimate of drug-likeness (QED) is 0.663. The lowest BCUT2D eigenvalue weighted by molar-refractivity contribution is -0.112. The monoisotopic (exact) mass is 310 g/mol. The van der Waals surface area contributed by atoms with E-state index in [-0.39, 0.29) is 22.9 Å². The van der Waals surface area contributed by atoms with Gasteiger partial charge in [0.2, 0.25) is 0 Å². The summed E-state index contributed by atoms with van der Waals surface area (Å²) in [6, 6.07) is 0. The molecule has 4 rings (SSSR count). The van der Waals surface area contributed by atoms with Gasteiger partial charge < -0.3 is 19.9 Å². The Morgan fingerprint density at radius 1 is 1.67 bits per heavy atom. The largest absolute Gasteiger partial charge is 0.393 e. The highest BCUT2D eigenvalue weighted by molar-refractivity contribution is 8.00. The number of nitrogens with zero attached hydrogens (tertiary/aromatic N) is 3. The first-order valence-corrected chi connectivity index (χ1v) is 7.62. The number of aryl methyl sites for hydroxylation is 1. The number of aromatic nitrogens is 4. The number of imidazole rings is 1. The second-order valence-corrected chi connectivity index (χ2v) is 6.59. The third kappa shape index (κ3) is 1.65. The van der Waals surface area contributed by atoms with Crippen molar-refractivity contribution in [1.82, 2.24) is 19.5 Å². The molecule has 2 bridgehead atoms. The van der Waals surface area contributed by atoms with Crippen molar-refractivity contribution in [1.29, 1.82) is 0 Å². The summed E-state index contributed by atoms with van der Waals surface area (Å²) in [6.07, 6.45) is 0.249. The Bertz CT molecular complexity index is 774. The van der Waals surface area contributed by atoms with Gasteiger partial charge in [-0.3, -0.25) is 9.36 Å². The van der Waals surface area contributed by atoms with Crippen molar-refractivity contribution in [2.45, 2.75) is 30.1 Å². The Balaban J connectivity index is 1.84. The van der Waals surface area contributed by atoms with Crippen molar-refractivity contribution >= 4 is 22.9 Å². The highest BCUT2D eigenvalue weighted by atomic mass is 32.2. The molecule has 8 nitrogen and oxygen atoms in total. The van der Waals surface area contributed by atoms with Gasteiger partial charge in [0.1, 0.15) is 17.5 Å². The summed E-state index contributed by atoms with van der Waals surface area (Å²) in [7, 11) is 0. The van der Waals surface area contributed by atoms with Crippen LogP contribution in [-0.2, 0) is 4.74 Å². The molecule has 21 heavy (non-hydrogen) atoms. The Labute approximate surface area is 123 Å². The molecule has 112 valence electrons. The number of hydrogen-bond donors (Lipinski definition) is 3. The third-order valence-electron chi connectivity index (χ3n) is 4.10. The summed E-state index contributed by atoms with van der Waals surface area (Å²) in [5.41, 5.74) is -0.573. The van der Waals surface area contributed by atoms with Crippen LogP contribution in [0.5, 0.6) is 0 Å². The average molecular weight is 310 g/mol. The topological polar surface area (TPSA) is 113 Å². The molecule has 2 aliphatic rings. The summed E-state index contributed by atoms with van der Waals surface area (Å²) in [6.45, 7) is 1.45. The van der Waals surface area contributed by atoms with Gasteiger partial charge in [0, 0.05) is 5.75 Å². The Kier molecular flexibility index (Phi) is 2.71. The lowest BCUT2D eigenvalue weighted by Crippen LogP contribution is -2.43. The van der Waals surface area contributed by atoms with Gasteiger partial charge in [-0.25, -0.2) is 9.97 Å². The standard InChI is InChI=1S/C12H14N4O4S/c1-5-14-9-6(10(19)15-5)13-4-16(9)11-7-8(18)12(2-17,20-11)3-21-7/h4,7-8,11,17-18H,2-3H2,1H3,(H,14,15,19)/t7-,8+,11-,12+/m1/s1. The molecule has 0 aromatic carbocycles. The normalized spacial score (nSPS) is 34.9. The summed E-state index contributed by atoms with van der Waals surface area (Å²) < 4.78 is 7.55. The van der Waals surface area contributed by atoms with Gasteiger partial charge in [0.25, 0.3) is 5.56 Å². The molecule has 0 amide bonds. The zero-order valence-corrected chi connectivity index (χ0v) is 12.0. The maximum Gasteiger partial charge on any atom is 0.279 e. The Morgan fingerprint density at radius 3 is 3.19 bits per heavy atom. The van der Waals surface area contributed by atoms with Crippen LogP contribution in [0.4, 0.5) is 0 Å². The van der Waals surface area contributed by atoms with Crippen LogP contribution >= 0.6 is 11.8 Å². The number of H-pyrrole nitrogens is 1. The van der Waals surface area contributed by atoms with Crippen molar-refractivity contribution in [2.75, 3.05) is 12.4 Å². The van der Waals surface area contributed by atoms with E-state index < -0.39 is 17.9 Å². The van der Waals surface area contributed by atoms with E-state index in [0.29, 0.717) is 17.2 Å². The SMILES string of the molecule is Cc1nc2c(ncn2[C@@H]2O[C@@]3(CO)CS[C@@H]2[C@@H]3O)c(=O)[nH]1. The van der Waals surface area contributed by atoms with Crippen LogP contribution in [-0.4, -0.2) is 59.0 Å². The van der Waals surface area contributed by atoms with Crippen LogP contribution in [0.1, 0.15) is 12.1 Å². The molecule has 9 heteroatoms. The fourth-order valence-electron chi connectivity index (χ4n) is 2.98. The van der Waals surface area contributed by atoms with Gasteiger partial charge in [-0.1, -0.05) is 0 Å². The molecular weight excluding hydrogens is 296 g/mol. The van der Waals surface area contributed by atoms with Crippen molar-refractivity contribution in [3.63, 3.8) is 0 Å². The summed E-state index contributed by atoms with van der Waals surface area (Å²) in [5, 5.41) is 19.6. The molecule has 0 spiro atoms. The fraction of sp³-hybridized carbons (Fsp3) is 0.583. The van der Waals surface area contributed by atoms with Gasteiger partial charge in [-0.2, -0.15) is 0 Å². The molecule has 2 saturated heterocycles. The fourth-order valence-corrected chi connectivity index (χ4v) is 4.56. The molecule has 2 aromatic heterocycles. The van der Waals surface area contributed by atoms with E-state index in [2.05, 4.69) is 15.0 Å². The number of aliphatic hydroxyl groups excluding tert-OH is 2. The minimum atomic E-state index is -0.938. The molecule has 2 fully saturated rings. The highest BCUT2D eigenvalue weighted by Crippen LogP contribution is 2.51. The van der Waals surface area contributed by atoms with E-state index in [1.807, 2.05) is 0 Å². The van der Waals surface area contributed by atoms with Crippen molar-refractivity contribution in [2.24, 2.45) is 0 Å². The van der Waals surface area contributed by atoms with Crippen LogP contribution in [0.25, 0.3) is 11.2 Å². The molecule has 0 unspecified atom stereocenters. The van der Waals surface area contributed by atoms with Gasteiger partial charge >= 0.3 is 0 Å². The lowest BCUT2D eigenvalue weighted by Gasteiger charge is -2.29. The van der Waals surface area contributed by atoms with Gasteiger partial charge in [0.05, 0.1) is 18.2 Å². The molecule has 2 aliphatic heterocycles. The zero-order valence-electron chi connectivity index (χ0n) is 11.2. The number of hydrogen-bond acceptors (Lipinski definition) is 7. The van der Waals surface area contributed by atoms with E-state index in [0.717, 1.165) is 0 Å². The second-order valence-electron chi connectivity index (χ2n) is 5.43. The zero-order chi connectivity index (χ0) is 14.8. The number of fused-ring (bicyclic) bond motifs is 3. The second kappa shape index (κ2) is 4.29. The molecule has 2 aromatic rings. The Morgan fingerprint density at radius 2 is 2.48 bits per heavy atom. The number of rotatable bonds is 2. The molecule has 0 saturated carbocycles. The van der Waals surface area contributed by atoms with Gasteiger partial charge in [-0.05, 0) is 6.92 Å². The molecule has 4 heterocycles. The van der Waals surface area contributed by atoms with Crippen LogP contribution in [0.15, 0.2) is 11.1 Å². The van der Waals surface area contributed by atoms with Crippen LogP contribution in [0.2, 0.25) is 0 Å². The molecule has 3 N–H and O–H groups in total. The van der Waals surface area contributed by atoms with Crippen LogP contribution < -0.4 is 5.56 Å². The number of aromatic amines is 1. The summed E-state index contributed by atoms with van der Waals surface area (Å²) in [4.78, 5) is 22.9. The number of thioether (sulfide) groups is 1. The first-order valence-electron chi connectivity index (χ1n) is 6.57. The number of aliphatic hydroxyl groups is 2. The lowest BCUT2D eigenvalue weighted by atomic mass is 10.0. The van der Waals surface area contributed by atoms with E-state index in [9.17, 15) is 15.0 Å². The maximum atomic E-state index is 11.9. The van der Waals surface area contributed by atoms with E-state index in [1.54, 1.807) is 23.3 Å². The highest BCUT2D eigenvalue weighted by Gasteiger charge is 2.60. The first kappa shape index (κ1) is 13.3. The molecule has 0 aliphatic carbocycles. The van der Waals surface area contributed by atoms with Gasteiger partial charge in [0.15, 0.2) is 17.4 Å². The predicted molar refractivity (Wildman–Crippen MR) is 75.1 cm³/mol. The predicted octanol–water partition coefficient (Wildman–Crippen LogP) is -0.836. The third-order valence-corrected chi connectivity index (χ3v) is 5.63. The van der Waals surface area contributed by atoms with Crippen molar-refractivity contribution in [3.05, 3.63) is 22.5 Å². The van der Waals surface area contributed by atoms with Crippen LogP contribution in [0.3, 0.4) is 0 Å². The van der Waals surface area contributed by atoms with Crippen LogP contribution in [0, 0.1) is 6.92 Å². The van der Waals surface area contributed by atoms with Crippen molar-refractivity contribution < 1.29 is 14.9 Å². The minimum Gasteiger partial charge on any atom is -0.393 e. The Hall–Kier alpha value is -1.42. The first-order chi connectivity index (χ1) is 10.1. The molecule has 0 radical (unpaired) electrons. The summed E-state index contributed by atoms with van der Waals surface area (Å²) >= 11 is 1.55. The van der Waals surface area contributed by atoms with Crippen molar-refractivity contribution in [3.8, 4) is 0 Å².